The van der Waals surface area contributed by atoms with Gasteiger partial charge in [-0.1, -0.05) is 54.1 Å². The Morgan fingerprint density at radius 1 is 1.00 bits per heavy atom. The Balaban J connectivity index is 1.74. The summed E-state index contributed by atoms with van der Waals surface area (Å²) in [7, 11) is 0. The van der Waals surface area contributed by atoms with E-state index in [0.717, 1.165) is 27.8 Å². The van der Waals surface area contributed by atoms with Crippen LogP contribution in [0.5, 0.6) is 0 Å². The van der Waals surface area contributed by atoms with Gasteiger partial charge in [-0.25, -0.2) is 4.98 Å². The highest BCUT2D eigenvalue weighted by Crippen LogP contribution is 2.30. The van der Waals surface area contributed by atoms with Crippen LogP contribution in [0.25, 0.3) is 22.4 Å². The highest BCUT2D eigenvalue weighted by molar-refractivity contribution is 6.33. The number of carbonyl (C=O) groups is 1. The number of nitrogens with zero attached hydrogens (tertiary/aromatic N) is 2. The van der Waals surface area contributed by atoms with Gasteiger partial charge < -0.3 is 9.88 Å². The van der Waals surface area contributed by atoms with Crippen LogP contribution in [0.4, 0.5) is 5.69 Å². The molecular formula is C22H18ClN3O. The summed E-state index contributed by atoms with van der Waals surface area (Å²) in [4.78, 5) is 17.5. The average Bonchev–Trinajstić information content (AvgIpc) is 3.02. The summed E-state index contributed by atoms with van der Waals surface area (Å²) in [5.41, 5.74) is 4.36. The third-order valence-electron chi connectivity index (χ3n) is 4.49. The number of carbonyl (C=O) groups excluding carboxylic acids is 1. The molecule has 0 unspecified atom stereocenters. The molecule has 0 saturated carbocycles. The van der Waals surface area contributed by atoms with Crippen LogP contribution in [-0.4, -0.2) is 15.5 Å². The first-order valence-electron chi connectivity index (χ1n) is 8.69. The molecule has 1 heterocycles. The number of halogens is 1. The minimum Gasteiger partial charge on any atom is -0.324 e. The van der Waals surface area contributed by atoms with Crippen LogP contribution in [-0.2, 0) is 11.3 Å². The van der Waals surface area contributed by atoms with Crippen molar-refractivity contribution in [1.29, 1.82) is 0 Å². The fourth-order valence-corrected chi connectivity index (χ4v) is 3.35. The number of aryl methyl sites for hydroxylation is 1. The molecule has 134 valence electrons. The van der Waals surface area contributed by atoms with E-state index < -0.39 is 0 Å². The molecular weight excluding hydrogens is 358 g/mol. The van der Waals surface area contributed by atoms with Crippen molar-refractivity contribution in [2.45, 2.75) is 13.5 Å². The monoisotopic (exact) mass is 375 g/mol. The number of anilines is 1. The van der Waals surface area contributed by atoms with Gasteiger partial charge >= 0.3 is 0 Å². The molecule has 0 spiro atoms. The molecule has 5 heteroatoms. The zero-order valence-corrected chi connectivity index (χ0v) is 15.6. The van der Waals surface area contributed by atoms with Crippen LogP contribution in [0, 0.1) is 6.92 Å². The minimum atomic E-state index is -0.110. The number of nitrogens with one attached hydrogen (secondary N) is 1. The fourth-order valence-electron chi connectivity index (χ4n) is 3.13. The van der Waals surface area contributed by atoms with E-state index in [1.54, 1.807) is 0 Å². The number of aromatic nitrogens is 2. The van der Waals surface area contributed by atoms with Crippen LogP contribution < -0.4 is 5.32 Å². The van der Waals surface area contributed by atoms with Crippen molar-refractivity contribution in [3.63, 3.8) is 0 Å². The van der Waals surface area contributed by atoms with Crippen LogP contribution in [0.3, 0.4) is 0 Å². The topological polar surface area (TPSA) is 46.9 Å². The number of amides is 1. The van der Waals surface area contributed by atoms with Gasteiger partial charge in [0.05, 0.1) is 16.1 Å². The molecule has 0 fully saturated rings. The lowest BCUT2D eigenvalue weighted by Crippen LogP contribution is -2.19. The second-order valence-electron chi connectivity index (χ2n) is 6.35. The van der Waals surface area contributed by atoms with Gasteiger partial charge in [0, 0.05) is 11.3 Å². The van der Waals surface area contributed by atoms with E-state index in [4.69, 9.17) is 16.6 Å². The predicted octanol–water partition coefficient (Wildman–Crippen LogP) is 5.30. The van der Waals surface area contributed by atoms with Crippen molar-refractivity contribution in [1.82, 2.24) is 9.55 Å². The highest BCUT2D eigenvalue weighted by Gasteiger charge is 2.17. The fraction of sp³-hybridized carbons (Fsp3) is 0.0909. The molecule has 1 N–H and O–H groups in total. The van der Waals surface area contributed by atoms with Gasteiger partial charge in [-0.3, -0.25) is 4.79 Å². The smallest absolute Gasteiger partial charge is 0.244 e. The molecule has 0 bridgehead atoms. The summed E-state index contributed by atoms with van der Waals surface area (Å²) in [6.45, 7) is 2.12. The number of hydrogen-bond donors (Lipinski definition) is 1. The van der Waals surface area contributed by atoms with Crippen molar-refractivity contribution >= 4 is 34.2 Å². The molecule has 1 amide bonds. The van der Waals surface area contributed by atoms with Crippen molar-refractivity contribution in [3.05, 3.63) is 83.4 Å². The number of hydrogen-bond acceptors (Lipinski definition) is 2. The lowest BCUT2D eigenvalue weighted by Gasteiger charge is -2.12. The molecule has 27 heavy (non-hydrogen) atoms. The normalized spacial score (nSPS) is 10.9. The Morgan fingerprint density at radius 3 is 2.52 bits per heavy atom. The maximum Gasteiger partial charge on any atom is 0.244 e. The zero-order valence-electron chi connectivity index (χ0n) is 14.8. The Labute approximate surface area is 162 Å². The van der Waals surface area contributed by atoms with Crippen molar-refractivity contribution < 1.29 is 4.79 Å². The lowest BCUT2D eigenvalue weighted by atomic mass is 10.2. The molecule has 3 aromatic carbocycles. The Kier molecular flexibility index (Phi) is 4.65. The molecule has 0 aliphatic heterocycles. The Hall–Kier alpha value is -3.11. The van der Waals surface area contributed by atoms with E-state index in [9.17, 15) is 4.79 Å². The molecule has 4 aromatic rings. The first-order valence-corrected chi connectivity index (χ1v) is 9.07. The van der Waals surface area contributed by atoms with E-state index in [1.165, 1.54) is 0 Å². The maximum absolute atomic E-state index is 12.8. The molecule has 0 atom stereocenters. The van der Waals surface area contributed by atoms with Gasteiger partial charge in [0.2, 0.25) is 5.91 Å². The summed E-state index contributed by atoms with van der Waals surface area (Å²) in [5.74, 6) is 0.572. The van der Waals surface area contributed by atoms with Crippen LogP contribution in [0.1, 0.15) is 5.56 Å². The van der Waals surface area contributed by atoms with Crippen LogP contribution in [0.2, 0.25) is 5.02 Å². The van der Waals surface area contributed by atoms with Gasteiger partial charge in [-0.05, 0) is 42.8 Å². The van der Waals surface area contributed by atoms with E-state index in [0.29, 0.717) is 10.8 Å². The second kappa shape index (κ2) is 7.25. The molecule has 4 rings (SSSR count). The number of imidazole rings is 1. The van der Waals surface area contributed by atoms with Gasteiger partial charge in [0.25, 0.3) is 0 Å². The number of rotatable bonds is 4. The van der Waals surface area contributed by atoms with Gasteiger partial charge in [0.15, 0.2) is 0 Å². The van der Waals surface area contributed by atoms with Crippen molar-refractivity contribution in [2.75, 3.05) is 5.32 Å². The SMILES string of the molecule is Cc1ccccc1NC(=O)Cn1c(-c2ccccc2Cl)nc2ccccc21. The minimum absolute atomic E-state index is 0.110. The number of para-hydroxylation sites is 3. The number of benzene rings is 3. The lowest BCUT2D eigenvalue weighted by molar-refractivity contribution is -0.116. The molecule has 0 saturated heterocycles. The Morgan fingerprint density at radius 2 is 1.70 bits per heavy atom. The molecule has 0 aliphatic carbocycles. The molecule has 1 aromatic heterocycles. The molecule has 0 radical (unpaired) electrons. The summed E-state index contributed by atoms with van der Waals surface area (Å²) in [6, 6.07) is 23.0. The molecule has 4 nitrogen and oxygen atoms in total. The quantitative estimate of drug-likeness (QED) is 0.525. The summed E-state index contributed by atoms with van der Waals surface area (Å²) >= 11 is 6.39. The summed E-state index contributed by atoms with van der Waals surface area (Å²) < 4.78 is 1.91. The van der Waals surface area contributed by atoms with Crippen LogP contribution in [0.15, 0.2) is 72.8 Å². The third kappa shape index (κ3) is 3.44. The van der Waals surface area contributed by atoms with Gasteiger partial charge in [-0.15, -0.1) is 0 Å². The third-order valence-corrected chi connectivity index (χ3v) is 4.82. The predicted molar refractivity (Wildman–Crippen MR) is 110 cm³/mol. The maximum atomic E-state index is 12.8. The van der Waals surface area contributed by atoms with Crippen molar-refractivity contribution in [3.8, 4) is 11.4 Å². The number of fused-ring (bicyclic) bond motifs is 1. The highest BCUT2D eigenvalue weighted by atomic mass is 35.5. The van der Waals surface area contributed by atoms with Gasteiger partial charge in [-0.2, -0.15) is 0 Å². The van der Waals surface area contributed by atoms with Gasteiger partial charge in [0.1, 0.15) is 12.4 Å². The second-order valence-corrected chi connectivity index (χ2v) is 6.76. The molecule has 0 aliphatic rings. The largest absolute Gasteiger partial charge is 0.324 e. The average molecular weight is 376 g/mol. The van der Waals surface area contributed by atoms with E-state index in [1.807, 2.05) is 84.3 Å². The van der Waals surface area contributed by atoms with Crippen molar-refractivity contribution in [2.24, 2.45) is 0 Å². The van der Waals surface area contributed by atoms with E-state index in [-0.39, 0.29) is 12.5 Å². The Bertz CT molecular complexity index is 1130. The summed E-state index contributed by atoms with van der Waals surface area (Å²) in [5, 5.41) is 3.59. The van der Waals surface area contributed by atoms with E-state index in [2.05, 4.69) is 5.32 Å². The van der Waals surface area contributed by atoms with E-state index >= 15 is 0 Å². The zero-order chi connectivity index (χ0) is 18.8. The van der Waals surface area contributed by atoms with Crippen LogP contribution >= 0.6 is 11.6 Å². The standard InChI is InChI=1S/C22H18ClN3O/c1-15-8-2-5-11-18(15)24-21(27)14-26-20-13-7-6-12-19(20)25-22(26)16-9-3-4-10-17(16)23/h2-13H,14H2,1H3,(H,24,27). The first-order chi connectivity index (χ1) is 13.1. The first kappa shape index (κ1) is 17.3. The summed E-state index contributed by atoms with van der Waals surface area (Å²) in [6.07, 6.45) is 0.